The molecule has 0 fully saturated rings. The van der Waals surface area contributed by atoms with Gasteiger partial charge in [0.1, 0.15) is 5.75 Å². The normalized spacial score (nSPS) is 14.9. The number of rotatable bonds is 3. The van der Waals surface area contributed by atoms with E-state index in [1.807, 2.05) is 6.07 Å². The molecule has 1 aliphatic heterocycles. The SMILES string of the molecule is COc1cc(Cl)c(C(Br)c2ccc3c(c2)COC3)cc1Cl. The molecule has 2 nitrogen and oxygen atoms in total. The van der Waals surface area contributed by atoms with E-state index in [0.717, 1.165) is 11.1 Å². The van der Waals surface area contributed by atoms with Gasteiger partial charge in [0.25, 0.3) is 0 Å². The van der Waals surface area contributed by atoms with Gasteiger partial charge >= 0.3 is 0 Å². The van der Waals surface area contributed by atoms with Crippen LogP contribution >= 0.6 is 39.1 Å². The minimum atomic E-state index is -0.0284. The summed E-state index contributed by atoms with van der Waals surface area (Å²) in [6, 6.07) is 9.92. The number of fused-ring (bicyclic) bond motifs is 1. The highest BCUT2D eigenvalue weighted by atomic mass is 79.9. The summed E-state index contributed by atoms with van der Waals surface area (Å²) in [7, 11) is 1.57. The van der Waals surface area contributed by atoms with E-state index in [1.54, 1.807) is 13.2 Å². The number of benzene rings is 2. The van der Waals surface area contributed by atoms with Crippen LogP contribution in [-0.4, -0.2) is 7.11 Å². The average Bonchev–Trinajstić information content (AvgIpc) is 2.95. The summed E-state index contributed by atoms with van der Waals surface area (Å²) in [4.78, 5) is -0.0284. The van der Waals surface area contributed by atoms with E-state index in [4.69, 9.17) is 32.7 Å². The van der Waals surface area contributed by atoms with E-state index in [9.17, 15) is 0 Å². The molecule has 110 valence electrons. The number of ether oxygens (including phenoxy) is 2. The van der Waals surface area contributed by atoms with Crippen LogP contribution < -0.4 is 4.74 Å². The Morgan fingerprint density at radius 2 is 1.86 bits per heavy atom. The van der Waals surface area contributed by atoms with Crippen LogP contribution in [0.1, 0.15) is 27.1 Å². The minimum absolute atomic E-state index is 0.0284. The topological polar surface area (TPSA) is 18.5 Å². The van der Waals surface area contributed by atoms with Crippen molar-refractivity contribution in [1.82, 2.24) is 0 Å². The maximum absolute atomic E-state index is 6.35. The third-order valence-electron chi connectivity index (χ3n) is 3.58. The van der Waals surface area contributed by atoms with Crippen LogP contribution in [0, 0.1) is 0 Å². The molecule has 1 aliphatic rings. The van der Waals surface area contributed by atoms with E-state index in [0.29, 0.717) is 29.0 Å². The molecule has 21 heavy (non-hydrogen) atoms. The van der Waals surface area contributed by atoms with E-state index in [2.05, 4.69) is 34.1 Å². The molecule has 0 aromatic heterocycles. The molecule has 3 rings (SSSR count). The Labute approximate surface area is 142 Å². The first kappa shape index (κ1) is 15.2. The second kappa shape index (κ2) is 6.17. The molecule has 0 bridgehead atoms. The van der Waals surface area contributed by atoms with E-state index < -0.39 is 0 Å². The first-order valence-electron chi connectivity index (χ1n) is 6.46. The maximum Gasteiger partial charge on any atom is 0.138 e. The summed E-state index contributed by atoms with van der Waals surface area (Å²) in [5.74, 6) is 0.576. The third-order valence-corrected chi connectivity index (χ3v) is 5.23. The fourth-order valence-corrected chi connectivity index (χ4v) is 3.73. The lowest BCUT2D eigenvalue weighted by atomic mass is 10.0. The fraction of sp³-hybridized carbons (Fsp3) is 0.250. The lowest BCUT2D eigenvalue weighted by Gasteiger charge is -2.15. The summed E-state index contributed by atoms with van der Waals surface area (Å²) in [5, 5.41) is 1.17. The summed E-state index contributed by atoms with van der Waals surface area (Å²) in [6.07, 6.45) is 0. The van der Waals surface area contributed by atoms with Crippen molar-refractivity contribution in [3.63, 3.8) is 0 Å². The van der Waals surface area contributed by atoms with Crippen molar-refractivity contribution >= 4 is 39.1 Å². The van der Waals surface area contributed by atoms with Crippen molar-refractivity contribution in [3.8, 4) is 5.75 Å². The Bertz CT molecular complexity index is 688. The van der Waals surface area contributed by atoms with Gasteiger partial charge in [-0.3, -0.25) is 0 Å². The number of hydrogen-bond acceptors (Lipinski definition) is 2. The number of hydrogen-bond donors (Lipinski definition) is 0. The van der Waals surface area contributed by atoms with E-state index in [-0.39, 0.29) is 4.83 Å². The van der Waals surface area contributed by atoms with Gasteiger partial charge in [-0.05, 0) is 28.3 Å². The summed E-state index contributed by atoms with van der Waals surface area (Å²) in [5.41, 5.74) is 4.52. The Hall–Kier alpha value is -0.740. The molecule has 0 spiro atoms. The maximum atomic E-state index is 6.35. The van der Waals surface area contributed by atoms with Crippen molar-refractivity contribution in [3.05, 3.63) is 62.6 Å². The first-order chi connectivity index (χ1) is 10.1. The number of alkyl halides is 1. The van der Waals surface area contributed by atoms with Crippen molar-refractivity contribution in [1.29, 1.82) is 0 Å². The molecule has 0 saturated heterocycles. The zero-order valence-corrected chi connectivity index (χ0v) is 14.4. The van der Waals surface area contributed by atoms with Gasteiger partial charge in [0.05, 0.1) is 30.2 Å². The highest BCUT2D eigenvalue weighted by Crippen LogP contribution is 2.40. The van der Waals surface area contributed by atoms with E-state index >= 15 is 0 Å². The van der Waals surface area contributed by atoms with Crippen molar-refractivity contribution in [2.75, 3.05) is 7.11 Å². The molecule has 5 heteroatoms. The molecule has 0 aliphatic carbocycles. The Kier molecular flexibility index (Phi) is 4.46. The van der Waals surface area contributed by atoms with Gasteiger partial charge in [-0.15, -0.1) is 0 Å². The average molecular weight is 388 g/mol. The minimum Gasteiger partial charge on any atom is -0.495 e. The van der Waals surface area contributed by atoms with Gasteiger partial charge in [0.2, 0.25) is 0 Å². The standard InChI is InChI=1S/C16H13BrCl2O2/c1-20-15-6-13(18)12(5-14(15)19)16(17)9-2-3-10-7-21-8-11(10)4-9/h2-6,16H,7-8H2,1H3. The van der Waals surface area contributed by atoms with Crippen LogP contribution in [0.25, 0.3) is 0 Å². The first-order valence-corrected chi connectivity index (χ1v) is 8.13. The molecule has 0 saturated carbocycles. The van der Waals surface area contributed by atoms with Gasteiger partial charge in [-0.1, -0.05) is 57.3 Å². The van der Waals surface area contributed by atoms with Crippen LogP contribution in [0.4, 0.5) is 0 Å². The molecule has 0 radical (unpaired) electrons. The van der Waals surface area contributed by atoms with Crippen molar-refractivity contribution < 1.29 is 9.47 Å². The predicted octanol–water partition coefficient (Wildman–Crippen LogP) is 5.52. The smallest absolute Gasteiger partial charge is 0.138 e. The van der Waals surface area contributed by atoms with Crippen molar-refractivity contribution in [2.24, 2.45) is 0 Å². The molecule has 1 atom stereocenters. The summed E-state index contributed by atoms with van der Waals surface area (Å²) < 4.78 is 10.6. The lowest BCUT2D eigenvalue weighted by Crippen LogP contribution is -1.97. The molecule has 2 aromatic rings. The fourth-order valence-electron chi connectivity index (χ4n) is 2.42. The second-order valence-corrected chi connectivity index (χ2v) is 6.62. The molecular weight excluding hydrogens is 375 g/mol. The van der Waals surface area contributed by atoms with Gasteiger partial charge in [0.15, 0.2) is 0 Å². The van der Waals surface area contributed by atoms with Crippen LogP contribution in [0.3, 0.4) is 0 Å². The molecule has 1 heterocycles. The Balaban J connectivity index is 1.98. The Morgan fingerprint density at radius 1 is 1.10 bits per heavy atom. The highest BCUT2D eigenvalue weighted by molar-refractivity contribution is 9.09. The quantitative estimate of drug-likeness (QED) is 0.645. The largest absolute Gasteiger partial charge is 0.495 e. The lowest BCUT2D eigenvalue weighted by molar-refractivity contribution is 0.134. The molecule has 2 aromatic carbocycles. The van der Waals surface area contributed by atoms with Gasteiger partial charge in [0, 0.05) is 11.1 Å². The highest BCUT2D eigenvalue weighted by Gasteiger charge is 2.19. The summed E-state index contributed by atoms with van der Waals surface area (Å²) in [6.45, 7) is 1.36. The second-order valence-electron chi connectivity index (χ2n) is 4.89. The predicted molar refractivity (Wildman–Crippen MR) is 88.7 cm³/mol. The van der Waals surface area contributed by atoms with Crippen molar-refractivity contribution in [2.45, 2.75) is 18.0 Å². The van der Waals surface area contributed by atoms with Crippen LogP contribution in [0.15, 0.2) is 30.3 Å². The van der Waals surface area contributed by atoms with Gasteiger partial charge in [-0.25, -0.2) is 0 Å². The monoisotopic (exact) mass is 386 g/mol. The molecule has 0 amide bonds. The summed E-state index contributed by atoms with van der Waals surface area (Å²) >= 11 is 16.3. The van der Waals surface area contributed by atoms with Crippen LogP contribution in [0.2, 0.25) is 10.0 Å². The van der Waals surface area contributed by atoms with Gasteiger partial charge in [-0.2, -0.15) is 0 Å². The zero-order valence-electron chi connectivity index (χ0n) is 11.3. The van der Waals surface area contributed by atoms with Crippen LogP contribution in [0.5, 0.6) is 5.75 Å². The van der Waals surface area contributed by atoms with Crippen LogP contribution in [-0.2, 0) is 18.0 Å². The van der Waals surface area contributed by atoms with Gasteiger partial charge < -0.3 is 9.47 Å². The third kappa shape index (κ3) is 2.93. The zero-order chi connectivity index (χ0) is 15.0. The number of halogens is 3. The molecular formula is C16H13BrCl2O2. The Morgan fingerprint density at radius 3 is 2.62 bits per heavy atom. The molecule has 1 unspecified atom stereocenters. The molecule has 0 N–H and O–H groups in total. The number of methoxy groups -OCH3 is 1. The van der Waals surface area contributed by atoms with E-state index in [1.165, 1.54) is 11.1 Å².